The zero-order valence-corrected chi connectivity index (χ0v) is 13.7. The van der Waals surface area contributed by atoms with Gasteiger partial charge in [0.1, 0.15) is 0 Å². The van der Waals surface area contributed by atoms with E-state index in [2.05, 4.69) is 20.8 Å². The molecule has 3 N–H and O–H groups in total. The molecule has 2 fully saturated rings. The Bertz CT molecular complexity index is 809. The van der Waals surface area contributed by atoms with E-state index in [4.69, 9.17) is 11.6 Å². The quantitative estimate of drug-likeness (QED) is 0.779. The molecule has 6 nitrogen and oxygen atoms in total. The number of benzene rings is 1. The van der Waals surface area contributed by atoms with Gasteiger partial charge in [-0.25, -0.2) is 0 Å². The number of aromatic amines is 1. The summed E-state index contributed by atoms with van der Waals surface area (Å²) in [5.41, 5.74) is 2.30. The van der Waals surface area contributed by atoms with Crippen LogP contribution in [0.5, 0.6) is 0 Å². The number of carbonyl (C=O) groups is 2. The fourth-order valence-electron chi connectivity index (χ4n) is 2.52. The lowest BCUT2D eigenvalue weighted by Crippen LogP contribution is -2.25. The molecule has 0 radical (unpaired) electrons. The second-order valence-electron chi connectivity index (χ2n) is 6.38. The highest BCUT2D eigenvalue weighted by molar-refractivity contribution is 6.34. The van der Waals surface area contributed by atoms with E-state index in [-0.39, 0.29) is 17.9 Å². The number of hydrogen-bond acceptors (Lipinski definition) is 3. The van der Waals surface area contributed by atoms with Gasteiger partial charge in [-0.3, -0.25) is 14.7 Å². The molecular weight excluding hydrogens is 328 g/mol. The average molecular weight is 345 g/mol. The Balaban J connectivity index is 1.44. The van der Waals surface area contributed by atoms with E-state index >= 15 is 0 Å². The SMILES string of the molecule is O=C(Nc1ccc(C(=O)NC2CC2)c(Cl)c1)c1cc(C2CC2)[nH]n1. The standard InChI is InChI=1S/C17H17ClN4O2/c18-13-7-11(5-6-12(13)16(23)19-10-3-4-10)20-17(24)15-8-14(21-22-15)9-1-2-9/h5-10H,1-4H2,(H,19,23)(H,20,24)(H,21,22). The first-order valence-corrected chi connectivity index (χ1v) is 8.45. The monoisotopic (exact) mass is 344 g/mol. The summed E-state index contributed by atoms with van der Waals surface area (Å²) >= 11 is 6.18. The Labute approximate surface area is 144 Å². The highest BCUT2D eigenvalue weighted by atomic mass is 35.5. The number of anilines is 1. The van der Waals surface area contributed by atoms with Crippen LogP contribution in [0, 0.1) is 0 Å². The van der Waals surface area contributed by atoms with Gasteiger partial charge in [0.05, 0.1) is 10.6 Å². The van der Waals surface area contributed by atoms with Gasteiger partial charge in [0, 0.05) is 23.3 Å². The lowest BCUT2D eigenvalue weighted by molar-refractivity contribution is 0.0950. The molecule has 2 aromatic rings. The number of amides is 2. The van der Waals surface area contributed by atoms with E-state index in [9.17, 15) is 9.59 Å². The molecule has 0 bridgehead atoms. The van der Waals surface area contributed by atoms with E-state index in [1.54, 1.807) is 24.3 Å². The summed E-state index contributed by atoms with van der Waals surface area (Å²) in [4.78, 5) is 24.3. The van der Waals surface area contributed by atoms with Crippen molar-refractivity contribution in [3.05, 3.63) is 46.2 Å². The zero-order chi connectivity index (χ0) is 16.7. The molecule has 1 aromatic heterocycles. The number of H-pyrrole nitrogens is 1. The van der Waals surface area contributed by atoms with E-state index < -0.39 is 0 Å². The van der Waals surface area contributed by atoms with Gasteiger partial charge in [-0.15, -0.1) is 0 Å². The van der Waals surface area contributed by atoms with Gasteiger partial charge < -0.3 is 10.6 Å². The molecule has 0 unspecified atom stereocenters. The lowest BCUT2D eigenvalue weighted by Gasteiger charge is -2.08. The summed E-state index contributed by atoms with van der Waals surface area (Å²) in [5.74, 6) is 0.0314. The van der Waals surface area contributed by atoms with Gasteiger partial charge >= 0.3 is 0 Å². The van der Waals surface area contributed by atoms with Crippen LogP contribution in [-0.2, 0) is 0 Å². The molecule has 1 aromatic carbocycles. The largest absolute Gasteiger partial charge is 0.349 e. The van der Waals surface area contributed by atoms with Crippen molar-refractivity contribution in [3.63, 3.8) is 0 Å². The van der Waals surface area contributed by atoms with Gasteiger partial charge in [0.15, 0.2) is 5.69 Å². The molecule has 4 rings (SSSR count). The molecule has 0 saturated heterocycles. The van der Waals surface area contributed by atoms with Crippen molar-refractivity contribution in [2.24, 2.45) is 0 Å². The molecule has 7 heteroatoms. The molecule has 2 aliphatic rings. The van der Waals surface area contributed by atoms with E-state index in [1.807, 2.05) is 0 Å². The molecule has 124 valence electrons. The van der Waals surface area contributed by atoms with Crippen molar-refractivity contribution in [2.75, 3.05) is 5.32 Å². The average Bonchev–Trinajstić information content (AvgIpc) is 3.48. The Morgan fingerprint density at radius 3 is 2.58 bits per heavy atom. The maximum atomic E-state index is 12.2. The number of aromatic nitrogens is 2. The Morgan fingerprint density at radius 2 is 1.92 bits per heavy atom. The summed E-state index contributed by atoms with van der Waals surface area (Å²) in [6.45, 7) is 0. The van der Waals surface area contributed by atoms with E-state index in [0.717, 1.165) is 31.4 Å². The minimum absolute atomic E-state index is 0.179. The second kappa shape index (κ2) is 5.94. The van der Waals surface area contributed by atoms with Gasteiger partial charge in [0.25, 0.3) is 11.8 Å². The third-order valence-corrected chi connectivity index (χ3v) is 4.54. The summed E-state index contributed by atoms with van der Waals surface area (Å²) in [7, 11) is 0. The van der Waals surface area contributed by atoms with Gasteiger partial charge in [0.2, 0.25) is 0 Å². The van der Waals surface area contributed by atoms with Crippen LogP contribution in [0.2, 0.25) is 5.02 Å². The third kappa shape index (κ3) is 3.28. The van der Waals surface area contributed by atoms with Crippen molar-refractivity contribution >= 4 is 29.1 Å². The van der Waals surface area contributed by atoms with Crippen molar-refractivity contribution in [3.8, 4) is 0 Å². The fourth-order valence-corrected chi connectivity index (χ4v) is 2.79. The van der Waals surface area contributed by atoms with Crippen LogP contribution in [-0.4, -0.2) is 28.1 Å². The molecule has 2 saturated carbocycles. The smallest absolute Gasteiger partial charge is 0.276 e. The van der Waals surface area contributed by atoms with Crippen LogP contribution >= 0.6 is 11.6 Å². The molecule has 24 heavy (non-hydrogen) atoms. The first-order valence-electron chi connectivity index (χ1n) is 8.07. The Kier molecular flexibility index (Phi) is 3.76. The predicted octanol–water partition coefficient (Wildman–Crippen LogP) is 3.09. The summed E-state index contributed by atoms with van der Waals surface area (Å²) < 4.78 is 0. The number of nitrogens with zero attached hydrogens (tertiary/aromatic N) is 1. The summed E-state index contributed by atoms with van der Waals surface area (Å²) in [6.07, 6.45) is 4.32. The maximum absolute atomic E-state index is 12.2. The van der Waals surface area contributed by atoms with Gasteiger partial charge in [-0.2, -0.15) is 5.10 Å². The molecular formula is C17H17ClN4O2. The van der Waals surface area contributed by atoms with Crippen LogP contribution < -0.4 is 10.6 Å². The van der Waals surface area contributed by atoms with Crippen molar-refractivity contribution in [2.45, 2.75) is 37.6 Å². The molecule has 2 aliphatic carbocycles. The molecule has 0 spiro atoms. The number of nitrogens with one attached hydrogen (secondary N) is 3. The molecule has 0 atom stereocenters. The number of rotatable bonds is 5. The maximum Gasteiger partial charge on any atom is 0.276 e. The molecule has 1 heterocycles. The van der Waals surface area contributed by atoms with Gasteiger partial charge in [-0.05, 0) is 49.9 Å². The highest BCUT2D eigenvalue weighted by Crippen LogP contribution is 2.39. The van der Waals surface area contributed by atoms with Crippen LogP contribution in [0.4, 0.5) is 5.69 Å². The minimum atomic E-state index is -0.301. The summed E-state index contributed by atoms with van der Waals surface area (Å²) in [5, 5.41) is 12.9. The van der Waals surface area contributed by atoms with Crippen LogP contribution in [0.25, 0.3) is 0 Å². The fraction of sp³-hybridized carbons (Fsp3) is 0.353. The second-order valence-corrected chi connectivity index (χ2v) is 6.79. The normalized spacial score (nSPS) is 16.7. The Hall–Kier alpha value is -2.34. The topological polar surface area (TPSA) is 86.9 Å². The number of hydrogen-bond donors (Lipinski definition) is 3. The zero-order valence-electron chi connectivity index (χ0n) is 12.9. The van der Waals surface area contributed by atoms with E-state index in [0.29, 0.717) is 27.9 Å². The highest BCUT2D eigenvalue weighted by Gasteiger charge is 2.27. The predicted molar refractivity (Wildman–Crippen MR) is 90.5 cm³/mol. The third-order valence-electron chi connectivity index (χ3n) is 4.23. The van der Waals surface area contributed by atoms with Crippen LogP contribution in [0.15, 0.2) is 24.3 Å². The number of carbonyl (C=O) groups excluding carboxylic acids is 2. The first kappa shape index (κ1) is 15.2. The van der Waals surface area contributed by atoms with Gasteiger partial charge in [-0.1, -0.05) is 11.6 Å². The first-order chi connectivity index (χ1) is 11.6. The van der Waals surface area contributed by atoms with Crippen molar-refractivity contribution in [1.82, 2.24) is 15.5 Å². The minimum Gasteiger partial charge on any atom is -0.349 e. The summed E-state index contributed by atoms with van der Waals surface area (Å²) in [6, 6.07) is 6.92. The van der Waals surface area contributed by atoms with Crippen LogP contribution in [0.1, 0.15) is 58.1 Å². The van der Waals surface area contributed by atoms with Crippen molar-refractivity contribution < 1.29 is 9.59 Å². The number of halogens is 1. The molecule has 2 amide bonds. The van der Waals surface area contributed by atoms with E-state index in [1.165, 1.54) is 0 Å². The van der Waals surface area contributed by atoms with Crippen molar-refractivity contribution in [1.29, 1.82) is 0 Å². The lowest BCUT2D eigenvalue weighted by atomic mass is 10.2. The Morgan fingerprint density at radius 1 is 1.12 bits per heavy atom. The molecule has 0 aliphatic heterocycles. The van der Waals surface area contributed by atoms with Crippen LogP contribution in [0.3, 0.4) is 0 Å².